The Hall–Kier alpha value is -1.63. The van der Waals surface area contributed by atoms with Crippen molar-refractivity contribution in [1.29, 1.82) is 0 Å². The first-order valence-corrected chi connectivity index (χ1v) is 6.75. The van der Waals surface area contributed by atoms with E-state index in [9.17, 15) is 13.2 Å². The highest BCUT2D eigenvalue weighted by Crippen LogP contribution is 2.22. The average Bonchev–Trinajstić information content (AvgIpc) is 2.45. The topological polar surface area (TPSA) is 45.7 Å². The van der Waals surface area contributed by atoms with Crippen LogP contribution in [0, 0.1) is 12.3 Å². The second-order valence-electron chi connectivity index (χ2n) is 4.26. The van der Waals surface area contributed by atoms with Gasteiger partial charge in [-0.1, -0.05) is 18.1 Å². The SMILES string of the molecule is C#CCNC(=NCCc1ccc(OC(F)(F)F)cc1)NCC.I. The molecule has 1 aromatic rings. The molecule has 8 heteroatoms. The van der Waals surface area contributed by atoms with Gasteiger partial charge in [0.2, 0.25) is 0 Å². The minimum atomic E-state index is -4.67. The first-order valence-electron chi connectivity index (χ1n) is 6.75. The fourth-order valence-corrected chi connectivity index (χ4v) is 1.63. The maximum Gasteiger partial charge on any atom is 0.573 e. The maximum absolute atomic E-state index is 12.0. The summed E-state index contributed by atoms with van der Waals surface area (Å²) in [6.45, 7) is 3.50. The second kappa shape index (κ2) is 11.0. The molecule has 0 bridgehead atoms. The van der Waals surface area contributed by atoms with Gasteiger partial charge >= 0.3 is 6.36 Å². The number of aliphatic imine (C=N–C) groups is 1. The molecule has 0 amide bonds. The number of halogens is 4. The molecule has 0 aliphatic rings. The number of rotatable bonds is 6. The van der Waals surface area contributed by atoms with Gasteiger partial charge in [0.05, 0.1) is 6.54 Å². The van der Waals surface area contributed by atoms with Crippen molar-refractivity contribution >= 4 is 29.9 Å². The van der Waals surface area contributed by atoms with Crippen molar-refractivity contribution in [2.75, 3.05) is 19.6 Å². The van der Waals surface area contributed by atoms with E-state index in [2.05, 4.69) is 26.3 Å². The van der Waals surface area contributed by atoms with Crippen LogP contribution in [-0.2, 0) is 6.42 Å². The van der Waals surface area contributed by atoms with Crippen molar-refractivity contribution in [3.63, 3.8) is 0 Å². The summed E-state index contributed by atoms with van der Waals surface area (Å²) in [5.74, 6) is 2.83. The van der Waals surface area contributed by atoms with Crippen LogP contribution in [0.1, 0.15) is 12.5 Å². The Bertz CT molecular complexity index is 524. The minimum absolute atomic E-state index is 0. The van der Waals surface area contributed by atoms with Gasteiger partial charge in [0.1, 0.15) is 5.75 Å². The predicted octanol–water partition coefficient (Wildman–Crippen LogP) is 2.93. The van der Waals surface area contributed by atoms with Crippen LogP contribution in [0.25, 0.3) is 0 Å². The lowest BCUT2D eigenvalue weighted by molar-refractivity contribution is -0.274. The molecule has 0 saturated carbocycles. The summed E-state index contributed by atoms with van der Waals surface area (Å²) in [6.07, 6.45) is 1.09. The Balaban J connectivity index is 0.00000484. The van der Waals surface area contributed by atoms with Crippen LogP contribution < -0.4 is 15.4 Å². The Kier molecular flexibility index (Phi) is 10.2. The molecule has 0 spiro atoms. The van der Waals surface area contributed by atoms with Crippen LogP contribution in [0.3, 0.4) is 0 Å². The third-order valence-electron chi connectivity index (χ3n) is 2.53. The van der Waals surface area contributed by atoms with Gasteiger partial charge in [-0.25, -0.2) is 0 Å². The molecule has 0 aliphatic heterocycles. The summed E-state index contributed by atoms with van der Waals surface area (Å²) < 4.78 is 39.9. The lowest BCUT2D eigenvalue weighted by Crippen LogP contribution is -2.37. The lowest BCUT2D eigenvalue weighted by atomic mass is 10.1. The second-order valence-corrected chi connectivity index (χ2v) is 4.26. The number of hydrogen-bond acceptors (Lipinski definition) is 2. The Labute approximate surface area is 150 Å². The average molecular weight is 441 g/mol. The van der Waals surface area contributed by atoms with Crippen molar-refractivity contribution in [3.8, 4) is 18.1 Å². The zero-order valence-corrected chi connectivity index (χ0v) is 14.9. The molecule has 128 valence electrons. The van der Waals surface area contributed by atoms with Crippen LogP contribution >= 0.6 is 24.0 Å². The molecule has 0 aliphatic carbocycles. The molecular weight excluding hydrogens is 422 g/mol. The quantitative estimate of drug-likeness (QED) is 0.309. The van der Waals surface area contributed by atoms with E-state index in [4.69, 9.17) is 6.42 Å². The van der Waals surface area contributed by atoms with Gasteiger partial charge in [-0.3, -0.25) is 4.99 Å². The monoisotopic (exact) mass is 441 g/mol. The summed E-state index contributed by atoms with van der Waals surface area (Å²) in [5, 5.41) is 5.99. The zero-order chi connectivity index (χ0) is 16.4. The van der Waals surface area contributed by atoms with Crippen molar-refractivity contribution in [2.24, 2.45) is 4.99 Å². The summed E-state index contributed by atoms with van der Waals surface area (Å²) in [4.78, 5) is 4.32. The number of benzene rings is 1. The molecule has 0 aromatic heterocycles. The number of nitrogens with zero attached hydrogens (tertiary/aromatic N) is 1. The van der Waals surface area contributed by atoms with Crippen molar-refractivity contribution < 1.29 is 17.9 Å². The van der Waals surface area contributed by atoms with Crippen LogP contribution in [0.4, 0.5) is 13.2 Å². The zero-order valence-electron chi connectivity index (χ0n) is 12.6. The van der Waals surface area contributed by atoms with Crippen LogP contribution in [0.5, 0.6) is 5.75 Å². The van der Waals surface area contributed by atoms with Crippen LogP contribution in [0.15, 0.2) is 29.3 Å². The van der Waals surface area contributed by atoms with E-state index in [0.29, 0.717) is 32.0 Å². The van der Waals surface area contributed by atoms with Gasteiger partial charge in [0.15, 0.2) is 5.96 Å². The van der Waals surface area contributed by atoms with E-state index in [1.165, 1.54) is 12.1 Å². The molecule has 0 fully saturated rings. The van der Waals surface area contributed by atoms with E-state index >= 15 is 0 Å². The summed E-state index contributed by atoms with van der Waals surface area (Å²) in [7, 11) is 0. The number of alkyl halides is 3. The van der Waals surface area contributed by atoms with Gasteiger partial charge < -0.3 is 15.4 Å². The first kappa shape index (κ1) is 21.4. The molecule has 2 N–H and O–H groups in total. The number of nitrogens with one attached hydrogen (secondary N) is 2. The number of ether oxygens (including phenoxy) is 1. The molecule has 4 nitrogen and oxygen atoms in total. The largest absolute Gasteiger partial charge is 0.573 e. The molecule has 0 saturated heterocycles. The number of hydrogen-bond donors (Lipinski definition) is 2. The third-order valence-corrected chi connectivity index (χ3v) is 2.53. The van der Waals surface area contributed by atoms with Crippen molar-refractivity contribution in [2.45, 2.75) is 19.7 Å². The van der Waals surface area contributed by atoms with Gasteiger partial charge in [-0.2, -0.15) is 0 Å². The van der Waals surface area contributed by atoms with Gasteiger partial charge in [-0.05, 0) is 31.0 Å². The molecule has 0 radical (unpaired) electrons. The van der Waals surface area contributed by atoms with Gasteiger partial charge in [0, 0.05) is 13.1 Å². The van der Waals surface area contributed by atoms with Crippen LogP contribution in [0.2, 0.25) is 0 Å². The molecule has 0 unspecified atom stereocenters. The van der Waals surface area contributed by atoms with E-state index in [0.717, 1.165) is 5.56 Å². The number of terminal acetylenes is 1. The number of guanidine groups is 1. The van der Waals surface area contributed by atoms with E-state index in [-0.39, 0.29) is 29.7 Å². The highest BCUT2D eigenvalue weighted by atomic mass is 127. The molecule has 23 heavy (non-hydrogen) atoms. The summed E-state index contributed by atoms with van der Waals surface area (Å²) >= 11 is 0. The van der Waals surface area contributed by atoms with E-state index < -0.39 is 6.36 Å². The third kappa shape index (κ3) is 9.89. The van der Waals surface area contributed by atoms with Gasteiger partial charge in [-0.15, -0.1) is 43.6 Å². The maximum atomic E-state index is 12.0. The molecular formula is C15H19F3IN3O. The van der Waals surface area contributed by atoms with Crippen LogP contribution in [-0.4, -0.2) is 32.0 Å². The Morgan fingerprint density at radius 1 is 1.26 bits per heavy atom. The highest BCUT2D eigenvalue weighted by molar-refractivity contribution is 14.0. The normalized spacial score (nSPS) is 11.2. The first-order chi connectivity index (χ1) is 10.4. The fraction of sp³-hybridized carbons (Fsp3) is 0.400. The molecule has 0 heterocycles. The smallest absolute Gasteiger partial charge is 0.406 e. The van der Waals surface area contributed by atoms with E-state index in [1.54, 1.807) is 12.1 Å². The molecule has 0 atom stereocenters. The Morgan fingerprint density at radius 2 is 1.91 bits per heavy atom. The standard InChI is InChI=1S/C15H18F3N3O.HI/c1-3-10-20-14(19-4-2)21-11-9-12-5-7-13(8-6-12)22-15(16,17)18;/h1,5-8H,4,9-11H2,2H3,(H2,19,20,21);1H. The van der Waals surface area contributed by atoms with Crippen molar-refractivity contribution in [3.05, 3.63) is 29.8 Å². The molecule has 1 rings (SSSR count). The lowest BCUT2D eigenvalue weighted by Gasteiger charge is -2.10. The predicted molar refractivity (Wildman–Crippen MR) is 95.1 cm³/mol. The minimum Gasteiger partial charge on any atom is -0.406 e. The highest BCUT2D eigenvalue weighted by Gasteiger charge is 2.30. The fourth-order valence-electron chi connectivity index (χ4n) is 1.63. The van der Waals surface area contributed by atoms with E-state index in [1.807, 2.05) is 6.92 Å². The van der Waals surface area contributed by atoms with Gasteiger partial charge in [0.25, 0.3) is 0 Å². The summed E-state index contributed by atoms with van der Waals surface area (Å²) in [6, 6.07) is 5.74. The molecule has 1 aromatic carbocycles. The van der Waals surface area contributed by atoms with Crippen molar-refractivity contribution in [1.82, 2.24) is 10.6 Å². The summed E-state index contributed by atoms with van der Waals surface area (Å²) in [5.41, 5.74) is 0.867. The Morgan fingerprint density at radius 3 is 2.43 bits per heavy atom.